The minimum absolute atomic E-state index is 0.0624. The average molecular weight is 327 g/mol. The fourth-order valence-electron chi connectivity index (χ4n) is 2.49. The highest BCUT2D eigenvalue weighted by Crippen LogP contribution is 2.27. The van der Waals surface area contributed by atoms with Crippen LogP contribution in [-0.4, -0.2) is 35.6 Å². The number of unbranched alkanes of at least 4 members (excludes halogenated alkanes) is 1. The maximum absolute atomic E-state index is 12.6. The van der Waals surface area contributed by atoms with Crippen LogP contribution in [0.2, 0.25) is 0 Å². The van der Waals surface area contributed by atoms with Crippen LogP contribution >= 0.6 is 0 Å². The number of carbonyl (C=O) groups is 2. The zero-order valence-corrected chi connectivity index (χ0v) is 13.8. The zero-order chi connectivity index (χ0) is 17.7. The Kier molecular flexibility index (Phi) is 5.58. The summed E-state index contributed by atoms with van der Waals surface area (Å²) in [5.41, 5.74) is 0.888. The molecule has 0 heterocycles. The highest BCUT2D eigenvalue weighted by Gasteiger charge is 2.20. The molecule has 0 aliphatic rings. The van der Waals surface area contributed by atoms with Crippen LogP contribution < -0.4 is 4.90 Å². The van der Waals surface area contributed by atoms with Crippen molar-refractivity contribution in [1.82, 2.24) is 0 Å². The summed E-state index contributed by atoms with van der Waals surface area (Å²) in [6, 6.07) is 10.8. The van der Waals surface area contributed by atoms with E-state index in [0.717, 1.165) is 25.1 Å². The number of hydrogen-bond acceptors (Lipinski definition) is 4. The van der Waals surface area contributed by atoms with Gasteiger partial charge in [0, 0.05) is 30.9 Å². The smallest absolute Gasteiger partial charge is 0.336 e. The molecule has 2 aromatic carbocycles. The number of phenolic OH excluding ortho intramolecular Hbond substituents is 1. The second-order valence-electron chi connectivity index (χ2n) is 5.66. The largest absolute Gasteiger partial charge is 0.507 e. The molecule has 24 heavy (non-hydrogen) atoms. The molecule has 2 rings (SSSR count). The lowest BCUT2D eigenvalue weighted by atomic mass is 9.97. The standard InChI is InChI=1S/C19H21NO4/c1-3-4-11-20(2)13-9-10-16(17(21)12-13)18(22)14-7-5-6-8-15(14)19(23)24/h5-10,12,21H,3-4,11H2,1-2H3,(H,23,24). The van der Waals surface area contributed by atoms with E-state index in [0.29, 0.717) is 0 Å². The molecule has 0 amide bonds. The highest BCUT2D eigenvalue weighted by molar-refractivity contribution is 6.15. The predicted octanol–water partition coefficient (Wildman–Crippen LogP) is 3.56. The van der Waals surface area contributed by atoms with Crippen LogP contribution in [0.5, 0.6) is 5.75 Å². The van der Waals surface area contributed by atoms with Gasteiger partial charge in [-0.25, -0.2) is 4.79 Å². The molecule has 0 radical (unpaired) electrons. The predicted molar refractivity (Wildman–Crippen MR) is 93.1 cm³/mol. The third kappa shape index (κ3) is 3.74. The van der Waals surface area contributed by atoms with E-state index in [-0.39, 0.29) is 22.4 Å². The molecule has 0 bridgehead atoms. The number of anilines is 1. The third-order valence-corrected chi connectivity index (χ3v) is 3.92. The summed E-state index contributed by atoms with van der Waals surface area (Å²) in [6.07, 6.45) is 2.10. The van der Waals surface area contributed by atoms with Crippen molar-refractivity contribution in [3.63, 3.8) is 0 Å². The molecule has 0 atom stereocenters. The molecule has 0 aromatic heterocycles. The van der Waals surface area contributed by atoms with Crippen molar-refractivity contribution in [1.29, 1.82) is 0 Å². The van der Waals surface area contributed by atoms with Gasteiger partial charge in [-0.1, -0.05) is 31.5 Å². The Morgan fingerprint density at radius 3 is 2.29 bits per heavy atom. The van der Waals surface area contributed by atoms with Gasteiger partial charge in [-0.05, 0) is 24.6 Å². The number of ketones is 1. The summed E-state index contributed by atoms with van der Waals surface area (Å²) in [4.78, 5) is 25.9. The summed E-state index contributed by atoms with van der Waals surface area (Å²) < 4.78 is 0. The number of hydrogen-bond donors (Lipinski definition) is 2. The van der Waals surface area contributed by atoms with Gasteiger partial charge in [-0.2, -0.15) is 0 Å². The molecule has 0 aliphatic carbocycles. The lowest BCUT2D eigenvalue weighted by molar-refractivity contribution is 0.0692. The fraction of sp³-hybridized carbons (Fsp3) is 0.263. The van der Waals surface area contributed by atoms with Crippen LogP contribution in [0.15, 0.2) is 42.5 Å². The molecule has 0 spiro atoms. The Morgan fingerprint density at radius 1 is 1.04 bits per heavy atom. The number of aromatic carboxylic acids is 1. The fourth-order valence-corrected chi connectivity index (χ4v) is 2.49. The molecule has 0 aliphatic heterocycles. The molecule has 126 valence electrons. The minimum Gasteiger partial charge on any atom is -0.507 e. The van der Waals surface area contributed by atoms with E-state index in [9.17, 15) is 19.8 Å². The number of aromatic hydroxyl groups is 1. The zero-order valence-electron chi connectivity index (χ0n) is 13.8. The van der Waals surface area contributed by atoms with Gasteiger partial charge in [0.25, 0.3) is 0 Å². The molecular formula is C19H21NO4. The monoisotopic (exact) mass is 327 g/mol. The molecule has 2 N–H and O–H groups in total. The van der Waals surface area contributed by atoms with Gasteiger partial charge >= 0.3 is 5.97 Å². The maximum atomic E-state index is 12.6. The summed E-state index contributed by atoms with van der Waals surface area (Å²) in [5, 5.41) is 19.4. The number of carboxylic acid groups (broad SMARTS) is 1. The Bertz CT molecular complexity index is 755. The van der Waals surface area contributed by atoms with Crippen LogP contribution in [0.25, 0.3) is 0 Å². The van der Waals surface area contributed by atoms with Crippen LogP contribution in [0.1, 0.15) is 46.0 Å². The first-order chi connectivity index (χ1) is 11.5. The highest BCUT2D eigenvalue weighted by atomic mass is 16.4. The Hall–Kier alpha value is -2.82. The van der Waals surface area contributed by atoms with Gasteiger partial charge in [-0.15, -0.1) is 0 Å². The normalized spacial score (nSPS) is 10.4. The van der Waals surface area contributed by atoms with Crippen LogP contribution in [-0.2, 0) is 0 Å². The molecule has 0 fully saturated rings. The number of carbonyl (C=O) groups excluding carboxylic acids is 1. The van der Waals surface area contributed by atoms with Gasteiger partial charge in [0.15, 0.2) is 5.78 Å². The number of carboxylic acids is 1. The Labute approximate surface area is 141 Å². The summed E-state index contributed by atoms with van der Waals surface area (Å²) >= 11 is 0. The molecule has 2 aromatic rings. The van der Waals surface area contributed by atoms with Gasteiger partial charge < -0.3 is 15.1 Å². The van der Waals surface area contributed by atoms with Gasteiger partial charge in [0.1, 0.15) is 5.75 Å². The van der Waals surface area contributed by atoms with Gasteiger partial charge in [0.2, 0.25) is 0 Å². The minimum atomic E-state index is -1.17. The van der Waals surface area contributed by atoms with Gasteiger partial charge in [-0.3, -0.25) is 4.79 Å². The topological polar surface area (TPSA) is 77.8 Å². The van der Waals surface area contributed by atoms with E-state index in [1.165, 1.54) is 24.3 Å². The number of benzene rings is 2. The Balaban J connectivity index is 2.33. The molecule has 5 heteroatoms. The molecular weight excluding hydrogens is 306 g/mol. The summed E-state index contributed by atoms with van der Waals surface area (Å²) in [7, 11) is 1.92. The second kappa shape index (κ2) is 7.64. The quantitative estimate of drug-likeness (QED) is 0.760. The van der Waals surface area contributed by atoms with Crippen molar-refractivity contribution < 1.29 is 19.8 Å². The SMILES string of the molecule is CCCCN(C)c1ccc(C(=O)c2ccccc2C(=O)O)c(O)c1. The number of rotatable bonds is 7. The molecule has 0 saturated heterocycles. The van der Waals surface area contributed by atoms with E-state index in [2.05, 4.69) is 6.92 Å². The van der Waals surface area contributed by atoms with Gasteiger partial charge in [0.05, 0.1) is 11.1 Å². The number of nitrogens with zero attached hydrogens (tertiary/aromatic N) is 1. The van der Waals surface area contributed by atoms with E-state index in [4.69, 9.17) is 0 Å². The van der Waals surface area contributed by atoms with Crippen molar-refractivity contribution >= 4 is 17.4 Å². The van der Waals surface area contributed by atoms with Crippen LogP contribution in [0.3, 0.4) is 0 Å². The third-order valence-electron chi connectivity index (χ3n) is 3.92. The van der Waals surface area contributed by atoms with Crippen LogP contribution in [0, 0.1) is 0 Å². The van der Waals surface area contributed by atoms with Crippen molar-refractivity contribution in [3.8, 4) is 5.75 Å². The lowest BCUT2D eigenvalue weighted by Crippen LogP contribution is -2.18. The molecule has 5 nitrogen and oxygen atoms in total. The van der Waals surface area contributed by atoms with Crippen molar-refractivity contribution in [2.45, 2.75) is 19.8 Å². The first-order valence-electron chi connectivity index (χ1n) is 7.87. The van der Waals surface area contributed by atoms with Crippen molar-refractivity contribution in [2.75, 3.05) is 18.5 Å². The van der Waals surface area contributed by atoms with E-state index in [1.807, 2.05) is 11.9 Å². The Morgan fingerprint density at radius 2 is 1.71 bits per heavy atom. The first-order valence-corrected chi connectivity index (χ1v) is 7.87. The van der Waals surface area contributed by atoms with E-state index in [1.54, 1.807) is 18.2 Å². The molecule has 0 unspecified atom stereocenters. The van der Waals surface area contributed by atoms with E-state index >= 15 is 0 Å². The maximum Gasteiger partial charge on any atom is 0.336 e. The lowest BCUT2D eigenvalue weighted by Gasteiger charge is -2.19. The first kappa shape index (κ1) is 17.5. The van der Waals surface area contributed by atoms with Crippen molar-refractivity contribution in [3.05, 3.63) is 59.2 Å². The van der Waals surface area contributed by atoms with Crippen LogP contribution in [0.4, 0.5) is 5.69 Å². The van der Waals surface area contributed by atoms with Crippen molar-refractivity contribution in [2.24, 2.45) is 0 Å². The summed E-state index contributed by atoms with van der Waals surface area (Å²) in [6.45, 7) is 2.96. The number of phenols is 1. The van der Waals surface area contributed by atoms with E-state index < -0.39 is 11.8 Å². The second-order valence-corrected chi connectivity index (χ2v) is 5.66. The average Bonchev–Trinajstić information content (AvgIpc) is 2.58. The molecule has 0 saturated carbocycles. The summed E-state index contributed by atoms with van der Waals surface area (Å²) in [5.74, 6) is -1.83.